The lowest BCUT2D eigenvalue weighted by atomic mass is 10.2. The molecule has 1 rings (SSSR count). The van der Waals surface area contributed by atoms with E-state index in [2.05, 4.69) is 20.7 Å². The number of aliphatic hydroxyl groups is 1. The summed E-state index contributed by atoms with van der Waals surface area (Å²) in [6.45, 7) is 1.84. The molecule has 0 fully saturated rings. The fraction of sp³-hybridized carbons (Fsp3) is 0.364. The summed E-state index contributed by atoms with van der Waals surface area (Å²) in [5, 5.41) is 9.07. The standard InChI is InChI=1S/C11H13BrO4/c1-7(13)6-16-10-4-3-8(5-9(10)12)11(14)15-2/h3-5,7,13H,6H2,1-2H3/t7-/m1/s1. The Balaban J connectivity index is 2.79. The smallest absolute Gasteiger partial charge is 0.337 e. The second-order valence-corrected chi connectivity index (χ2v) is 4.15. The van der Waals surface area contributed by atoms with Crippen molar-refractivity contribution >= 4 is 21.9 Å². The lowest BCUT2D eigenvalue weighted by molar-refractivity contribution is 0.0600. The second kappa shape index (κ2) is 5.86. The fourth-order valence-corrected chi connectivity index (χ4v) is 1.57. The van der Waals surface area contributed by atoms with Crippen molar-refractivity contribution in [1.82, 2.24) is 0 Å². The van der Waals surface area contributed by atoms with Crippen LogP contribution < -0.4 is 4.74 Å². The Morgan fingerprint density at radius 1 is 1.56 bits per heavy atom. The van der Waals surface area contributed by atoms with Gasteiger partial charge in [-0.25, -0.2) is 4.79 Å². The summed E-state index contributed by atoms with van der Waals surface area (Å²) in [5.74, 6) is 0.177. The van der Waals surface area contributed by atoms with E-state index in [0.29, 0.717) is 15.8 Å². The van der Waals surface area contributed by atoms with Crippen LogP contribution >= 0.6 is 15.9 Å². The highest BCUT2D eigenvalue weighted by Gasteiger charge is 2.09. The van der Waals surface area contributed by atoms with Crippen molar-refractivity contribution < 1.29 is 19.4 Å². The van der Waals surface area contributed by atoms with Gasteiger partial charge in [0.25, 0.3) is 0 Å². The molecule has 0 saturated carbocycles. The Labute approximate surface area is 102 Å². The van der Waals surface area contributed by atoms with Crippen LogP contribution in [0, 0.1) is 0 Å². The number of aliphatic hydroxyl groups excluding tert-OH is 1. The summed E-state index contributed by atoms with van der Waals surface area (Å²) in [4.78, 5) is 11.2. The molecule has 1 N–H and O–H groups in total. The molecule has 0 unspecified atom stereocenters. The first-order valence-corrected chi connectivity index (χ1v) is 5.52. The molecule has 0 aliphatic heterocycles. The topological polar surface area (TPSA) is 55.8 Å². The van der Waals surface area contributed by atoms with Gasteiger partial charge in [0.05, 0.1) is 23.2 Å². The molecule has 1 atom stereocenters. The maximum absolute atomic E-state index is 11.2. The molecule has 1 aromatic rings. The minimum absolute atomic E-state index is 0.205. The highest BCUT2D eigenvalue weighted by Crippen LogP contribution is 2.26. The average molecular weight is 289 g/mol. The van der Waals surface area contributed by atoms with E-state index in [-0.39, 0.29) is 6.61 Å². The fourth-order valence-electron chi connectivity index (χ4n) is 1.07. The van der Waals surface area contributed by atoms with Crippen molar-refractivity contribution in [2.45, 2.75) is 13.0 Å². The maximum atomic E-state index is 11.2. The largest absolute Gasteiger partial charge is 0.490 e. The third-order valence-electron chi connectivity index (χ3n) is 1.83. The maximum Gasteiger partial charge on any atom is 0.337 e. The monoisotopic (exact) mass is 288 g/mol. The predicted octanol–water partition coefficient (Wildman–Crippen LogP) is 2.00. The van der Waals surface area contributed by atoms with Crippen LogP contribution in [0.3, 0.4) is 0 Å². The molecular weight excluding hydrogens is 276 g/mol. The number of hydrogen-bond acceptors (Lipinski definition) is 4. The van der Waals surface area contributed by atoms with Crippen LogP contribution in [-0.2, 0) is 4.74 Å². The molecule has 0 amide bonds. The molecular formula is C11H13BrO4. The number of carbonyl (C=O) groups excluding carboxylic acids is 1. The quantitative estimate of drug-likeness (QED) is 0.861. The van der Waals surface area contributed by atoms with Crippen molar-refractivity contribution in [1.29, 1.82) is 0 Å². The van der Waals surface area contributed by atoms with Crippen molar-refractivity contribution in [2.75, 3.05) is 13.7 Å². The van der Waals surface area contributed by atoms with Crippen LogP contribution in [0.15, 0.2) is 22.7 Å². The number of ether oxygens (including phenoxy) is 2. The Kier molecular flexibility index (Phi) is 4.76. The average Bonchev–Trinajstić information content (AvgIpc) is 2.26. The Morgan fingerprint density at radius 3 is 2.75 bits per heavy atom. The van der Waals surface area contributed by atoms with E-state index < -0.39 is 12.1 Å². The molecule has 88 valence electrons. The zero-order chi connectivity index (χ0) is 12.1. The molecule has 16 heavy (non-hydrogen) atoms. The van der Waals surface area contributed by atoms with Crippen molar-refractivity contribution in [3.05, 3.63) is 28.2 Å². The molecule has 0 aromatic heterocycles. The highest BCUT2D eigenvalue weighted by molar-refractivity contribution is 9.10. The molecule has 0 saturated heterocycles. The number of benzene rings is 1. The number of methoxy groups -OCH3 is 1. The SMILES string of the molecule is COC(=O)c1ccc(OC[C@@H](C)O)c(Br)c1. The normalized spacial score (nSPS) is 12.0. The third kappa shape index (κ3) is 3.50. The molecule has 0 bridgehead atoms. The zero-order valence-electron chi connectivity index (χ0n) is 9.07. The number of hydrogen-bond donors (Lipinski definition) is 1. The van der Waals surface area contributed by atoms with Crippen LogP contribution in [0.4, 0.5) is 0 Å². The van der Waals surface area contributed by atoms with E-state index in [1.54, 1.807) is 25.1 Å². The van der Waals surface area contributed by atoms with Crippen molar-refractivity contribution in [3.63, 3.8) is 0 Å². The van der Waals surface area contributed by atoms with Gasteiger partial charge < -0.3 is 14.6 Å². The van der Waals surface area contributed by atoms with Gasteiger partial charge in [-0.2, -0.15) is 0 Å². The van der Waals surface area contributed by atoms with Crippen LogP contribution in [-0.4, -0.2) is 30.9 Å². The van der Waals surface area contributed by atoms with Gasteiger partial charge in [-0.15, -0.1) is 0 Å². The predicted molar refractivity (Wildman–Crippen MR) is 62.7 cm³/mol. The first-order valence-electron chi connectivity index (χ1n) is 4.73. The Bertz CT molecular complexity index is 376. The van der Waals surface area contributed by atoms with Gasteiger partial charge in [0.1, 0.15) is 12.4 Å². The highest BCUT2D eigenvalue weighted by atomic mass is 79.9. The third-order valence-corrected chi connectivity index (χ3v) is 2.45. The van der Waals surface area contributed by atoms with Gasteiger partial charge >= 0.3 is 5.97 Å². The lowest BCUT2D eigenvalue weighted by Gasteiger charge is -2.10. The summed E-state index contributed by atoms with van der Waals surface area (Å²) in [7, 11) is 1.33. The van der Waals surface area contributed by atoms with E-state index in [9.17, 15) is 4.79 Å². The summed E-state index contributed by atoms with van der Waals surface area (Å²) in [6.07, 6.45) is -0.535. The number of esters is 1. The summed E-state index contributed by atoms with van der Waals surface area (Å²) < 4.78 is 10.6. The molecule has 0 aliphatic rings. The summed E-state index contributed by atoms with van der Waals surface area (Å²) >= 11 is 3.28. The first kappa shape index (κ1) is 13.0. The minimum atomic E-state index is -0.535. The molecule has 0 radical (unpaired) electrons. The van der Waals surface area contributed by atoms with Gasteiger partial charge in [0.2, 0.25) is 0 Å². The second-order valence-electron chi connectivity index (χ2n) is 3.30. The van der Waals surface area contributed by atoms with E-state index in [0.717, 1.165) is 0 Å². The summed E-state index contributed by atoms with van der Waals surface area (Å²) in [5.41, 5.74) is 0.443. The van der Waals surface area contributed by atoms with Gasteiger partial charge in [-0.3, -0.25) is 0 Å². The van der Waals surface area contributed by atoms with Crippen LogP contribution in [0.2, 0.25) is 0 Å². The van der Waals surface area contributed by atoms with E-state index in [4.69, 9.17) is 9.84 Å². The summed E-state index contributed by atoms with van der Waals surface area (Å²) in [6, 6.07) is 4.87. The Morgan fingerprint density at radius 2 is 2.25 bits per heavy atom. The number of carbonyl (C=O) groups is 1. The van der Waals surface area contributed by atoms with Crippen LogP contribution in [0.25, 0.3) is 0 Å². The first-order chi connectivity index (χ1) is 7.54. The van der Waals surface area contributed by atoms with Crippen LogP contribution in [0.5, 0.6) is 5.75 Å². The molecule has 0 spiro atoms. The van der Waals surface area contributed by atoms with Gasteiger partial charge in [0, 0.05) is 0 Å². The van der Waals surface area contributed by atoms with E-state index in [1.165, 1.54) is 7.11 Å². The van der Waals surface area contributed by atoms with Gasteiger partial charge in [-0.1, -0.05) is 0 Å². The van der Waals surface area contributed by atoms with Crippen molar-refractivity contribution in [3.8, 4) is 5.75 Å². The zero-order valence-corrected chi connectivity index (χ0v) is 10.7. The molecule has 0 heterocycles. The van der Waals surface area contributed by atoms with E-state index in [1.807, 2.05) is 0 Å². The van der Waals surface area contributed by atoms with Gasteiger partial charge in [-0.05, 0) is 41.1 Å². The molecule has 0 aliphatic carbocycles. The van der Waals surface area contributed by atoms with Gasteiger partial charge in [0.15, 0.2) is 0 Å². The lowest BCUT2D eigenvalue weighted by Crippen LogP contribution is -2.13. The molecule has 4 nitrogen and oxygen atoms in total. The van der Waals surface area contributed by atoms with Crippen LogP contribution in [0.1, 0.15) is 17.3 Å². The van der Waals surface area contributed by atoms with E-state index >= 15 is 0 Å². The Hall–Kier alpha value is -1.07. The molecule has 1 aromatic carbocycles. The number of rotatable bonds is 4. The molecule has 5 heteroatoms. The number of halogens is 1. The minimum Gasteiger partial charge on any atom is -0.490 e. The van der Waals surface area contributed by atoms with Crippen molar-refractivity contribution in [2.24, 2.45) is 0 Å².